The van der Waals surface area contributed by atoms with Gasteiger partial charge in [-0.15, -0.1) is 23.5 Å². The van der Waals surface area contributed by atoms with Gasteiger partial charge in [-0.2, -0.15) is 0 Å². The average Bonchev–Trinajstić information content (AvgIpc) is 3.11. The van der Waals surface area contributed by atoms with Crippen molar-refractivity contribution >= 4 is 45.2 Å². The Bertz CT molecular complexity index is 1300. The van der Waals surface area contributed by atoms with E-state index in [0.29, 0.717) is 22.0 Å². The normalized spacial score (nSPS) is 10.9. The molecule has 7 heteroatoms. The zero-order chi connectivity index (χ0) is 22.0. The number of para-hydroxylation sites is 1. The quantitative estimate of drug-likeness (QED) is 0.233. The van der Waals surface area contributed by atoms with Crippen LogP contribution in [0.5, 0.6) is 0 Å². The molecule has 0 spiro atoms. The van der Waals surface area contributed by atoms with Gasteiger partial charge in [0, 0.05) is 14.9 Å². The summed E-state index contributed by atoms with van der Waals surface area (Å²) in [6.45, 7) is 0. The van der Waals surface area contributed by atoms with Crippen molar-refractivity contribution in [3.05, 3.63) is 105 Å². The number of hydrogen-bond donors (Lipinski definition) is 0. The first-order chi connectivity index (χ1) is 15.1. The number of thioether (sulfide) groups is 2. The first kappa shape index (κ1) is 21.7. The smallest absolute Gasteiger partial charge is 0.287 e. The molecule has 4 nitrogen and oxygen atoms in total. The molecule has 0 radical (unpaired) electrons. The Kier molecular flexibility index (Phi) is 6.55. The van der Waals surface area contributed by atoms with E-state index in [1.54, 1.807) is 21.3 Å². The molecule has 0 fully saturated rings. The highest BCUT2D eigenvalue weighted by Crippen LogP contribution is 2.32. The molecule has 0 atom stereocenters. The van der Waals surface area contributed by atoms with Gasteiger partial charge in [-0.25, -0.2) is 4.79 Å². The van der Waals surface area contributed by atoms with Crippen LogP contribution in [-0.2, 0) is 0 Å². The summed E-state index contributed by atoms with van der Waals surface area (Å²) in [5, 5.41) is 0.611. The Morgan fingerprint density at radius 1 is 0.839 bits per heavy atom. The molecular weight excluding hydrogens is 492 g/mol. The molecule has 1 aromatic heterocycles. The number of halogens is 1. The van der Waals surface area contributed by atoms with Crippen LogP contribution in [0.4, 0.5) is 0 Å². The van der Waals surface area contributed by atoms with Gasteiger partial charge in [-0.1, -0.05) is 64.5 Å². The van der Waals surface area contributed by atoms with Gasteiger partial charge >= 0.3 is 5.69 Å². The van der Waals surface area contributed by atoms with E-state index >= 15 is 0 Å². The van der Waals surface area contributed by atoms with Crippen LogP contribution in [-0.4, -0.2) is 27.4 Å². The lowest BCUT2D eigenvalue weighted by atomic mass is 10.1. The van der Waals surface area contributed by atoms with Crippen molar-refractivity contribution in [1.29, 1.82) is 0 Å². The number of carbonyl (C=O) groups excluding carboxylic acids is 1. The van der Waals surface area contributed by atoms with Gasteiger partial charge in [0.1, 0.15) is 10.7 Å². The van der Waals surface area contributed by atoms with E-state index in [4.69, 9.17) is 0 Å². The van der Waals surface area contributed by atoms with Gasteiger partial charge in [0.15, 0.2) is 0 Å². The molecule has 0 aliphatic carbocycles. The molecule has 0 aliphatic heterocycles. The molecule has 0 N–H and O–H groups in total. The van der Waals surface area contributed by atoms with Crippen molar-refractivity contribution in [2.75, 3.05) is 12.5 Å². The third-order valence-corrected chi connectivity index (χ3v) is 6.88. The fraction of sp³-hybridized carbons (Fsp3) is 0.0833. The number of nitrogens with zero attached hydrogens (tertiary/aromatic N) is 2. The first-order valence-electron chi connectivity index (χ1n) is 9.47. The maximum Gasteiger partial charge on any atom is 0.338 e. The topological polar surface area (TPSA) is 44.0 Å². The van der Waals surface area contributed by atoms with Crippen molar-refractivity contribution in [3.63, 3.8) is 0 Å². The predicted octanol–water partition coefficient (Wildman–Crippen LogP) is 6.07. The molecule has 4 aromatic rings. The maximum atomic E-state index is 13.8. The van der Waals surface area contributed by atoms with E-state index in [0.717, 1.165) is 15.1 Å². The fourth-order valence-corrected chi connectivity index (χ4v) is 5.33. The molecule has 4 rings (SSSR count). The Hall–Kier alpha value is -2.48. The minimum absolute atomic E-state index is 0.188. The number of imidazole rings is 1. The van der Waals surface area contributed by atoms with Crippen LogP contribution in [0.1, 0.15) is 16.1 Å². The number of carbonyl (C=O) groups is 1. The summed E-state index contributed by atoms with van der Waals surface area (Å²) in [6.07, 6.45) is 3.84. The number of aromatic nitrogens is 2. The van der Waals surface area contributed by atoms with Crippen molar-refractivity contribution in [2.24, 2.45) is 0 Å². The molecule has 3 aromatic carbocycles. The summed E-state index contributed by atoms with van der Waals surface area (Å²) in [4.78, 5) is 28.4. The molecule has 0 aliphatic rings. The summed E-state index contributed by atoms with van der Waals surface area (Å²) in [5.74, 6) is -0.188. The molecule has 0 saturated heterocycles. The van der Waals surface area contributed by atoms with Crippen molar-refractivity contribution < 1.29 is 4.79 Å². The highest BCUT2D eigenvalue weighted by Gasteiger charge is 2.28. The van der Waals surface area contributed by atoms with Gasteiger partial charge in [-0.3, -0.25) is 13.9 Å². The Balaban J connectivity index is 2.10. The highest BCUT2D eigenvalue weighted by atomic mass is 79.9. The van der Waals surface area contributed by atoms with E-state index in [1.807, 2.05) is 79.2 Å². The average molecular weight is 511 g/mol. The summed E-state index contributed by atoms with van der Waals surface area (Å²) >= 11 is 6.43. The first-order valence-corrected chi connectivity index (χ1v) is 12.7. The second-order valence-electron chi connectivity index (χ2n) is 6.66. The van der Waals surface area contributed by atoms with Crippen molar-refractivity contribution in [3.8, 4) is 11.4 Å². The Morgan fingerprint density at radius 3 is 2.10 bits per heavy atom. The van der Waals surface area contributed by atoms with Crippen LogP contribution in [0.15, 0.2) is 98.1 Å². The molecule has 31 heavy (non-hydrogen) atoms. The number of ketones is 1. The van der Waals surface area contributed by atoms with E-state index in [2.05, 4.69) is 15.9 Å². The standard InChI is InChI=1S/C24H19BrN2O2S2/c1-30-20-15-17(25)13-14-19(20)27-21(22(28)16-9-5-3-6-10-16)23(31-2)26(24(27)29)18-11-7-4-8-12-18/h3-15H,1-2H3. The maximum absolute atomic E-state index is 13.8. The molecular formula is C24H19BrN2O2S2. The molecule has 0 amide bonds. The monoisotopic (exact) mass is 510 g/mol. The Labute approximate surface area is 197 Å². The third kappa shape index (κ3) is 4.05. The SMILES string of the molecule is CSc1cc(Br)ccc1-n1c(C(=O)c2ccccc2)c(SC)n(-c2ccccc2)c1=O. The molecule has 0 saturated carbocycles. The zero-order valence-corrected chi connectivity index (χ0v) is 20.1. The second-order valence-corrected chi connectivity index (χ2v) is 9.22. The zero-order valence-electron chi connectivity index (χ0n) is 16.9. The van der Waals surface area contributed by atoms with Gasteiger partial charge in [0.05, 0.1) is 11.4 Å². The van der Waals surface area contributed by atoms with E-state index in [9.17, 15) is 9.59 Å². The lowest BCUT2D eigenvalue weighted by Gasteiger charge is -2.12. The lowest BCUT2D eigenvalue weighted by molar-refractivity contribution is 0.102. The van der Waals surface area contributed by atoms with E-state index in [1.165, 1.54) is 23.5 Å². The van der Waals surface area contributed by atoms with Gasteiger partial charge in [0.25, 0.3) is 0 Å². The van der Waals surface area contributed by atoms with Crippen LogP contribution in [0.3, 0.4) is 0 Å². The minimum Gasteiger partial charge on any atom is -0.287 e. The van der Waals surface area contributed by atoms with Crippen LogP contribution < -0.4 is 5.69 Å². The fourth-order valence-electron chi connectivity index (χ4n) is 3.46. The van der Waals surface area contributed by atoms with Crippen molar-refractivity contribution in [1.82, 2.24) is 9.13 Å². The predicted molar refractivity (Wildman–Crippen MR) is 133 cm³/mol. The minimum atomic E-state index is -0.271. The number of benzene rings is 3. The van der Waals surface area contributed by atoms with E-state index in [-0.39, 0.29) is 11.5 Å². The summed E-state index contributed by atoms with van der Waals surface area (Å²) in [7, 11) is 0. The van der Waals surface area contributed by atoms with Crippen LogP contribution in [0, 0.1) is 0 Å². The highest BCUT2D eigenvalue weighted by molar-refractivity contribution is 9.10. The third-order valence-electron chi connectivity index (χ3n) is 4.85. The lowest BCUT2D eigenvalue weighted by Crippen LogP contribution is -2.24. The van der Waals surface area contributed by atoms with Gasteiger partial charge < -0.3 is 0 Å². The van der Waals surface area contributed by atoms with Crippen LogP contribution in [0.2, 0.25) is 0 Å². The van der Waals surface area contributed by atoms with Crippen LogP contribution >= 0.6 is 39.5 Å². The van der Waals surface area contributed by atoms with Gasteiger partial charge in [0.2, 0.25) is 5.78 Å². The van der Waals surface area contributed by atoms with Crippen LogP contribution in [0.25, 0.3) is 11.4 Å². The van der Waals surface area contributed by atoms with E-state index < -0.39 is 0 Å². The number of hydrogen-bond acceptors (Lipinski definition) is 4. The Morgan fingerprint density at radius 2 is 1.48 bits per heavy atom. The molecule has 156 valence electrons. The largest absolute Gasteiger partial charge is 0.338 e. The molecule has 1 heterocycles. The van der Waals surface area contributed by atoms with Gasteiger partial charge in [-0.05, 0) is 42.8 Å². The molecule has 0 unspecified atom stereocenters. The summed E-state index contributed by atoms with van der Waals surface area (Å²) < 4.78 is 4.08. The summed E-state index contributed by atoms with van der Waals surface area (Å²) in [5.41, 5.74) is 2.04. The number of rotatable bonds is 6. The van der Waals surface area contributed by atoms with Crippen molar-refractivity contribution in [2.45, 2.75) is 9.92 Å². The summed E-state index contributed by atoms with van der Waals surface area (Å²) in [6, 6.07) is 24.2. The molecule has 0 bridgehead atoms. The second kappa shape index (κ2) is 9.34.